The third-order valence-electron chi connectivity index (χ3n) is 6.87. The van der Waals surface area contributed by atoms with Crippen molar-refractivity contribution in [1.82, 2.24) is 14.8 Å². The van der Waals surface area contributed by atoms with E-state index in [9.17, 15) is 13.2 Å². The second kappa shape index (κ2) is 6.58. The maximum absolute atomic E-state index is 13.0. The number of aromatic nitrogens is 1. The second-order valence-corrected chi connectivity index (χ2v) is 10.9. The first kappa shape index (κ1) is 18.9. The second-order valence-electron chi connectivity index (χ2n) is 8.93. The summed E-state index contributed by atoms with van der Waals surface area (Å²) in [5.74, 6) is 2.56. The van der Waals surface area contributed by atoms with Gasteiger partial charge in [-0.05, 0) is 70.1 Å². The van der Waals surface area contributed by atoms with Gasteiger partial charge in [0.05, 0.1) is 0 Å². The molecule has 0 atom stereocenters. The predicted octanol–water partition coefficient (Wildman–Crippen LogP) is 2.24. The molecular formula is C19H29N3O4S. The Balaban J connectivity index is 1.36. The maximum atomic E-state index is 13.0. The zero-order valence-electron chi connectivity index (χ0n) is 16.3. The minimum Gasteiger partial charge on any atom is -0.360 e. The van der Waals surface area contributed by atoms with Gasteiger partial charge in [-0.2, -0.15) is 4.31 Å². The van der Waals surface area contributed by atoms with Crippen LogP contribution in [0.2, 0.25) is 0 Å². The van der Waals surface area contributed by atoms with E-state index in [1.54, 1.807) is 13.8 Å². The number of likely N-dealkylation sites (N-methyl/N-ethyl adjacent to an activating group) is 1. The van der Waals surface area contributed by atoms with Crippen molar-refractivity contribution in [3.63, 3.8) is 0 Å². The van der Waals surface area contributed by atoms with Crippen molar-refractivity contribution in [2.24, 2.45) is 23.2 Å². The zero-order chi connectivity index (χ0) is 19.4. The van der Waals surface area contributed by atoms with Crippen LogP contribution in [-0.4, -0.2) is 43.9 Å². The highest BCUT2D eigenvalue weighted by atomic mass is 32.2. The molecule has 4 bridgehead atoms. The van der Waals surface area contributed by atoms with E-state index in [-0.39, 0.29) is 28.5 Å². The zero-order valence-corrected chi connectivity index (χ0v) is 17.1. The van der Waals surface area contributed by atoms with E-state index >= 15 is 0 Å². The molecule has 0 radical (unpaired) electrons. The number of amides is 1. The normalized spacial score (nSPS) is 32.2. The number of nitrogens with one attached hydrogen (secondary N) is 1. The topological polar surface area (TPSA) is 92.5 Å². The van der Waals surface area contributed by atoms with Crippen LogP contribution in [0.3, 0.4) is 0 Å². The summed E-state index contributed by atoms with van der Waals surface area (Å²) in [4.78, 5) is 13.1. The van der Waals surface area contributed by atoms with Crippen molar-refractivity contribution in [2.45, 2.75) is 57.3 Å². The summed E-state index contributed by atoms with van der Waals surface area (Å²) in [5.41, 5.74) is 0.158. The summed E-state index contributed by atoms with van der Waals surface area (Å²) in [7, 11) is -2.15. The van der Waals surface area contributed by atoms with Gasteiger partial charge in [-0.25, -0.2) is 8.42 Å². The number of rotatable bonds is 6. The fourth-order valence-electron chi connectivity index (χ4n) is 6.02. The van der Waals surface area contributed by atoms with Crippen LogP contribution < -0.4 is 5.32 Å². The average Bonchev–Trinajstić information content (AvgIpc) is 2.92. The Labute approximate surface area is 160 Å². The van der Waals surface area contributed by atoms with Crippen molar-refractivity contribution in [1.29, 1.82) is 0 Å². The van der Waals surface area contributed by atoms with Crippen molar-refractivity contribution >= 4 is 15.9 Å². The SMILES string of the molecule is Cc1noc(C)c1S(=O)(=O)N(C)CCNC(=O)C12CC3CC(CC(C3)C1)C2. The molecular weight excluding hydrogens is 366 g/mol. The predicted molar refractivity (Wildman–Crippen MR) is 99.4 cm³/mol. The third kappa shape index (κ3) is 3.20. The van der Waals surface area contributed by atoms with Gasteiger partial charge >= 0.3 is 0 Å². The van der Waals surface area contributed by atoms with E-state index in [0.717, 1.165) is 19.3 Å². The number of carbonyl (C=O) groups is 1. The van der Waals surface area contributed by atoms with Crippen molar-refractivity contribution < 1.29 is 17.7 Å². The molecule has 5 rings (SSSR count). The van der Waals surface area contributed by atoms with E-state index in [0.29, 0.717) is 30.0 Å². The van der Waals surface area contributed by atoms with Crippen LogP contribution in [0.5, 0.6) is 0 Å². The van der Waals surface area contributed by atoms with Crippen LogP contribution in [0.15, 0.2) is 9.42 Å². The molecule has 0 aliphatic heterocycles. The highest BCUT2D eigenvalue weighted by Gasteiger charge is 2.54. The molecule has 4 aliphatic carbocycles. The Kier molecular flexibility index (Phi) is 4.62. The molecule has 4 aliphatic rings. The van der Waals surface area contributed by atoms with E-state index < -0.39 is 10.0 Å². The molecule has 8 heteroatoms. The first-order chi connectivity index (χ1) is 12.7. The molecule has 150 valence electrons. The largest absolute Gasteiger partial charge is 0.360 e. The lowest BCUT2D eigenvalue weighted by molar-refractivity contribution is -0.146. The summed E-state index contributed by atoms with van der Waals surface area (Å²) >= 11 is 0. The summed E-state index contributed by atoms with van der Waals surface area (Å²) in [6.45, 7) is 3.76. The third-order valence-corrected chi connectivity index (χ3v) is 8.97. The van der Waals surface area contributed by atoms with Crippen LogP contribution in [-0.2, 0) is 14.8 Å². The molecule has 0 unspecified atom stereocenters. The Morgan fingerprint density at radius 3 is 2.22 bits per heavy atom. The number of hydrogen-bond acceptors (Lipinski definition) is 5. The van der Waals surface area contributed by atoms with Gasteiger partial charge in [-0.15, -0.1) is 0 Å². The van der Waals surface area contributed by atoms with Crippen molar-refractivity contribution in [3.8, 4) is 0 Å². The monoisotopic (exact) mass is 395 g/mol. The smallest absolute Gasteiger partial charge is 0.248 e. The first-order valence-electron chi connectivity index (χ1n) is 9.89. The number of aryl methyl sites for hydroxylation is 2. The lowest BCUT2D eigenvalue weighted by atomic mass is 9.49. The summed E-state index contributed by atoms with van der Waals surface area (Å²) in [5, 5.41) is 6.76. The van der Waals surface area contributed by atoms with Crippen LogP contribution >= 0.6 is 0 Å². The van der Waals surface area contributed by atoms with Crippen LogP contribution in [0, 0.1) is 37.0 Å². The van der Waals surface area contributed by atoms with Gasteiger partial charge in [0.1, 0.15) is 10.6 Å². The highest BCUT2D eigenvalue weighted by Crippen LogP contribution is 2.60. The lowest BCUT2D eigenvalue weighted by Gasteiger charge is -2.55. The quantitative estimate of drug-likeness (QED) is 0.797. The highest BCUT2D eigenvalue weighted by molar-refractivity contribution is 7.89. The summed E-state index contributed by atoms with van der Waals surface area (Å²) < 4.78 is 31.7. The number of hydrogen-bond donors (Lipinski definition) is 1. The van der Waals surface area contributed by atoms with Crippen molar-refractivity contribution in [2.75, 3.05) is 20.1 Å². The molecule has 0 spiro atoms. The molecule has 4 saturated carbocycles. The van der Waals surface area contributed by atoms with Gasteiger partial charge in [0.2, 0.25) is 15.9 Å². The van der Waals surface area contributed by atoms with Crippen LogP contribution in [0.1, 0.15) is 50.0 Å². The molecule has 1 aromatic rings. The lowest BCUT2D eigenvalue weighted by Crippen LogP contribution is -2.54. The first-order valence-corrected chi connectivity index (χ1v) is 11.3. The molecule has 7 nitrogen and oxygen atoms in total. The standard InChI is InChI=1S/C19H29N3O4S/c1-12-17(13(2)26-21-12)27(24,25)22(3)5-4-20-18(23)19-9-14-6-15(10-19)8-16(7-14)11-19/h14-16H,4-11H2,1-3H3,(H,20,23). The van der Waals surface area contributed by atoms with Gasteiger partial charge < -0.3 is 9.84 Å². The Hall–Kier alpha value is -1.41. The Bertz CT molecular complexity index is 790. The minimum atomic E-state index is -3.67. The van der Waals surface area contributed by atoms with E-state index in [1.807, 2.05) is 0 Å². The number of nitrogens with zero attached hydrogens (tertiary/aromatic N) is 2. The molecule has 1 amide bonds. The summed E-state index contributed by atoms with van der Waals surface area (Å²) in [6, 6.07) is 0. The van der Waals surface area contributed by atoms with Gasteiger partial charge in [0.25, 0.3) is 0 Å². The number of sulfonamides is 1. The van der Waals surface area contributed by atoms with E-state index in [2.05, 4.69) is 10.5 Å². The maximum Gasteiger partial charge on any atom is 0.248 e. The fourth-order valence-corrected chi connectivity index (χ4v) is 7.48. The van der Waals surface area contributed by atoms with Crippen LogP contribution in [0.4, 0.5) is 0 Å². The molecule has 1 heterocycles. The fraction of sp³-hybridized carbons (Fsp3) is 0.789. The Morgan fingerprint density at radius 2 is 1.74 bits per heavy atom. The van der Waals surface area contributed by atoms with Crippen LogP contribution in [0.25, 0.3) is 0 Å². The van der Waals surface area contributed by atoms with Crippen molar-refractivity contribution in [3.05, 3.63) is 11.5 Å². The molecule has 1 N–H and O–H groups in total. The van der Waals surface area contributed by atoms with E-state index in [4.69, 9.17) is 4.52 Å². The molecule has 27 heavy (non-hydrogen) atoms. The van der Waals surface area contributed by atoms with Gasteiger partial charge in [0, 0.05) is 25.6 Å². The summed E-state index contributed by atoms with van der Waals surface area (Å²) in [6.07, 6.45) is 6.93. The van der Waals surface area contributed by atoms with Gasteiger partial charge in [0.15, 0.2) is 5.76 Å². The molecule has 0 saturated heterocycles. The molecule has 4 fully saturated rings. The van der Waals surface area contributed by atoms with Gasteiger partial charge in [-0.1, -0.05) is 5.16 Å². The Morgan fingerprint density at radius 1 is 1.19 bits per heavy atom. The van der Waals surface area contributed by atoms with E-state index in [1.165, 1.54) is 30.6 Å². The van der Waals surface area contributed by atoms with Gasteiger partial charge in [-0.3, -0.25) is 4.79 Å². The number of carbonyl (C=O) groups excluding carboxylic acids is 1. The molecule has 1 aromatic heterocycles. The minimum absolute atomic E-state index is 0.123. The molecule has 0 aromatic carbocycles. The average molecular weight is 396 g/mol.